The third-order valence-electron chi connectivity index (χ3n) is 4.35. The molecule has 0 heterocycles. The van der Waals surface area contributed by atoms with Crippen molar-refractivity contribution in [2.24, 2.45) is 10.9 Å². The molecule has 1 aromatic carbocycles. The van der Waals surface area contributed by atoms with E-state index in [1.165, 1.54) is 5.56 Å². The highest BCUT2D eigenvalue weighted by Gasteiger charge is 2.32. The summed E-state index contributed by atoms with van der Waals surface area (Å²) in [5.41, 5.74) is 1.23. The fraction of sp³-hybridized carbons (Fsp3) is 0.579. The maximum absolute atomic E-state index is 11.7. The summed E-state index contributed by atoms with van der Waals surface area (Å²) < 4.78 is 10.1. The van der Waals surface area contributed by atoms with E-state index in [0.29, 0.717) is 19.1 Å². The smallest absolute Gasteiger partial charge is 0.407 e. The zero-order valence-electron chi connectivity index (χ0n) is 15.9. The van der Waals surface area contributed by atoms with Crippen LogP contribution in [0.5, 0.6) is 5.75 Å². The van der Waals surface area contributed by atoms with E-state index in [4.69, 9.17) is 9.47 Å². The summed E-state index contributed by atoms with van der Waals surface area (Å²) in [5, 5.41) is 9.53. The Bertz CT molecular complexity index is 585. The van der Waals surface area contributed by atoms with Gasteiger partial charge in [0.2, 0.25) is 0 Å². The third kappa shape index (κ3) is 6.82. The molecule has 0 bridgehead atoms. The number of carbonyl (C=O) groups is 1. The molecule has 1 aromatic rings. The number of ether oxygens (including phenoxy) is 2. The molecule has 7 heteroatoms. The van der Waals surface area contributed by atoms with Gasteiger partial charge in [0.1, 0.15) is 5.75 Å². The fourth-order valence-electron chi connectivity index (χ4n) is 2.70. The first kappa shape index (κ1) is 19.9. The SMILES string of the molecule is CCOC(=O)NC(CNC(=NC)NCCc1ccc(OC)cc1)C1CC1. The van der Waals surface area contributed by atoms with Gasteiger partial charge in [0.25, 0.3) is 0 Å². The maximum Gasteiger partial charge on any atom is 0.407 e. The van der Waals surface area contributed by atoms with Crippen LogP contribution in [0.4, 0.5) is 4.79 Å². The summed E-state index contributed by atoms with van der Waals surface area (Å²) >= 11 is 0. The number of hydrogen-bond acceptors (Lipinski definition) is 4. The van der Waals surface area contributed by atoms with E-state index in [-0.39, 0.29) is 12.1 Å². The normalized spacial score (nSPS) is 15.1. The second-order valence-electron chi connectivity index (χ2n) is 6.29. The lowest BCUT2D eigenvalue weighted by atomic mass is 10.1. The molecular formula is C19H30N4O3. The average molecular weight is 362 g/mol. The monoisotopic (exact) mass is 362 g/mol. The molecule has 1 saturated carbocycles. The zero-order chi connectivity index (χ0) is 18.8. The maximum atomic E-state index is 11.7. The largest absolute Gasteiger partial charge is 0.497 e. The molecule has 0 aliphatic heterocycles. The van der Waals surface area contributed by atoms with Gasteiger partial charge in [-0.15, -0.1) is 0 Å². The van der Waals surface area contributed by atoms with Crippen LogP contribution in [0.15, 0.2) is 29.3 Å². The highest BCUT2D eigenvalue weighted by molar-refractivity contribution is 5.79. The molecule has 2 rings (SSSR count). The number of nitrogens with one attached hydrogen (secondary N) is 3. The molecule has 0 spiro atoms. The second kappa shape index (κ2) is 10.5. The Morgan fingerprint density at radius 1 is 1.27 bits per heavy atom. The van der Waals surface area contributed by atoms with Crippen molar-refractivity contribution in [1.82, 2.24) is 16.0 Å². The molecule has 7 nitrogen and oxygen atoms in total. The van der Waals surface area contributed by atoms with Crippen LogP contribution in [-0.2, 0) is 11.2 Å². The summed E-state index contributed by atoms with van der Waals surface area (Å²) in [6.07, 6.45) is 2.82. The lowest BCUT2D eigenvalue weighted by Crippen LogP contribution is -2.48. The Morgan fingerprint density at radius 2 is 2.00 bits per heavy atom. The summed E-state index contributed by atoms with van der Waals surface area (Å²) in [4.78, 5) is 15.9. The number of hydrogen-bond donors (Lipinski definition) is 3. The molecule has 1 fully saturated rings. The Hall–Kier alpha value is -2.44. The number of aliphatic imine (C=N–C) groups is 1. The zero-order valence-corrected chi connectivity index (χ0v) is 15.9. The predicted octanol–water partition coefficient (Wildman–Crippen LogP) is 1.93. The van der Waals surface area contributed by atoms with Crippen LogP contribution in [0.25, 0.3) is 0 Å². The van der Waals surface area contributed by atoms with Gasteiger partial charge in [-0.1, -0.05) is 12.1 Å². The summed E-state index contributed by atoms with van der Waals surface area (Å²) in [5.74, 6) is 2.11. The summed E-state index contributed by atoms with van der Waals surface area (Å²) in [7, 11) is 3.41. The van der Waals surface area contributed by atoms with Crippen molar-refractivity contribution in [1.29, 1.82) is 0 Å². The van der Waals surface area contributed by atoms with E-state index < -0.39 is 0 Å². The molecule has 0 aromatic heterocycles. The van der Waals surface area contributed by atoms with Gasteiger partial charge < -0.3 is 25.4 Å². The van der Waals surface area contributed by atoms with Crippen molar-refractivity contribution in [2.75, 3.05) is 33.9 Å². The number of guanidine groups is 1. The van der Waals surface area contributed by atoms with E-state index in [1.54, 1.807) is 21.1 Å². The van der Waals surface area contributed by atoms with Gasteiger partial charge in [0.15, 0.2) is 5.96 Å². The van der Waals surface area contributed by atoms with E-state index >= 15 is 0 Å². The molecule has 1 amide bonds. The number of nitrogens with zero attached hydrogens (tertiary/aromatic N) is 1. The van der Waals surface area contributed by atoms with Crippen molar-refractivity contribution in [2.45, 2.75) is 32.2 Å². The first-order valence-electron chi connectivity index (χ1n) is 9.17. The van der Waals surface area contributed by atoms with E-state index in [1.807, 2.05) is 12.1 Å². The minimum absolute atomic E-state index is 0.0641. The van der Waals surface area contributed by atoms with Crippen molar-refractivity contribution >= 4 is 12.1 Å². The first-order valence-corrected chi connectivity index (χ1v) is 9.17. The van der Waals surface area contributed by atoms with Gasteiger partial charge in [-0.2, -0.15) is 0 Å². The summed E-state index contributed by atoms with van der Waals surface area (Å²) in [6.45, 7) is 3.58. The van der Waals surface area contributed by atoms with Crippen LogP contribution in [0.2, 0.25) is 0 Å². The molecular weight excluding hydrogens is 332 g/mol. The summed E-state index contributed by atoms with van der Waals surface area (Å²) in [6, 6.07) is 8.11. The molecule has 26 heavy (non-hydrogen) atoms. The van der Waals surface area contributed by atoms with Crippen LogP contribution >= 0.6 is 0 Å². The van der Waals surface area contributed by atoms with E-state index in [2.05, 4.69) is 33.1 Å². The Kier molecular flexibility index (Phi) is 8.05. The number of amides is 1. The third-order valence-corrected chi connectivity index (χ3v) is 4.35. The lowest BCUT2D eigenvalue weighted by Gasteiger charge is -2.20. The number of carbonyl (C=O) groups excluding carboxylic acids is 1. The van der Waals surface area contributed by atoms with Crippen molar-refractivity contribution in [3.8, 4) is 5.75 Å². The van der Waals surface area contributed by atoms with Crippen molar-refractivity contribution in [3.05, 3.63) is 29.8 Å². The number of rotatable bonds is 9. The molecule has 3 N–H and O–H groups in total. The van der Waals surface area contributed by atoms with Gasteiger partial charge in [-0.05, 0) is 49.8 Å². The molecule has 0 saturated heterocycles. The van der Waals surface area contributed by atoms with Crippen LogP contribution < -0.4 is 20.7 Å². The highest BCUT2D eigenvalue weighted by Crippen LogP contribution is 2.32. The van der Waals surface area contributed by atoms with E-state index in [0.717, 1.165) is 37.5 Å². The van der Waals surface area contributed by atoms with Crippen LogP contribution in [0, 0.1) is 5.92 Å². The van der Waals surface area contributed by atoms with Crippen molar-refractivity contribution < 1.29 is 14.3 Å². The van der Waals surface area contributed by atoms with Gasteiger partial charge in [0, 0.05) is 20.1 Å². The predicted molar refractivity (Wildman–Crippen MR) is 103 cm³/mol. The molecule has 1 atom stereocenters. The topological polar surface area (TPSA) is 84.0 Å². The van der Waals surface area contributed by atoms with Crippen LogP contribution in [-0.4, -0.2) is 51.9 Å². The fourth-order valence-corrected chi connectivity index (χ4v) is 2.70. The minimum atomic E-state index is -0.353. The van der Waals surface area contributed by atoms with Gasteiger partial charge in [-0.25, -0.2) is 4.79 Å². The average Bonchev–Trinajstić information content (AvgIpc) is 3.49. The highest BCUT2D eigenvalue weighted by atomic mass is 16.5. The standard InChI is InChI=1S/C19H30N4O3/c1-4-26-19(24)23-17(15-7-8-15)13-22-18(20-2)21-12-11-14-5-9-16(25-3)10-6-14/h5-6,9-10,15,17H,4,7-8,11-13H2,1-3H3,(H,23,24)(H2,20,21,22). The minimum Gasteiger partial charge on any atom is -0.497 e. The molecule has 1 unspecified atom stereocenters. The molecule has 0 radical (unpaired) electrons. The van der Waals surface area contributed by atoms with Crippen molar-refractivity contribution in [3.63, 3.8) is 0 Å². The number of benzene rings is 1. The van der Waals surface area contributed by atoms with Crippen LogP contribution in [0.3, 0.4) is 0 Å². The molecule has 144 valence electrons. The van der Waals surface area contributed by atoms with Gasteiger partial charge >= 0.3 is 6.09 Å². The van der Waals surface area contributed by atoms with Crippen LogP contribution in [0.1, 0.15) is 25.3 Å². The number of alkyl carbamates (subject to hydrolysis) is 1. The Labute approximate surface area is 155 Å². The first-order chi connectivity index (χ1) is 12.7. The quantitative estimate of drug-likeness (QED) is 0.462. The number of methoxy groups -OCH3 is 1. The Balaban J connectivity index is 1.72. The second-order valence-corrected chi connectivity index (χ2v) is 6.29. The molecule has 1 aliphatic rings. The van der Waals surface area contributed by atoms with E-state index in [9.17, 15) is 4.79 Å². The van der Waals surface area contributed by atoms with Gasteiger partial charge in [0.05, 0.1) is 19.8 Å². The van der Waals surface area contributed by atoms with Gasteiger partial charge in [-0.3, -0.25) is 4.99 Å². The lowest BCUT2D eigenvalue weighted by molar-refractivity contribution is 0.146. The molecule has 1 aliphatic carbocycles. The Morgan fingerprint density at radius 3 is 2.58 bits per heavy atom.